The average molecular weight is 576 g/mol. The Labute approximate surface area is 237 Å². The number of fused-ring (bicyclic) bond motifs is 3. The second kappa shape index (κ2) is 10.6. The minimum Gasteiger partial charge on any atom is -0.379 e. The van der Waals surface area contributed by atoms with Gasteiger partial charge >= 0.3 is 0 Å². The van der Waals surface area contributed by atoms with E-state index in [0.717, 1.165) is 37.9 Å². The van der Waals surface area contributed by atoms with Crippen LogP contribution in [0.3, 0.4) is 0 Å². The van der Waals surface area contributed by atoms with Crippen LogP contribution in [0, 0.1) is 5.82 Å². The maximum absolute atomic E-state index is 15.9. The van der Waals surface area contributed by atoms with Gasteiger partial charge in [0.15, 0.2) is 0 Å². The molecule has 3 atom stereocenters. The number of amides is 2. The van der Waals surface area contributed by atoms with Crippen LogP contribution in [-0.4, -0.2) is 67.7 Å². The number of anilines is 1. The number of carbonyl (C=O) groups excluding carboxylic acids is 2. The molecule has 2 aromatic rings. The number of carbonyl (C=O) groups is 2. The summed E-state index contributed by atoms with van der Waals surface area (Å²) in [5.74, 6) is -1.90. The van der Waals surface area contributed by atoms with Gasteiger partial charge in [-0.05, 0) is 42.2 Å². The molecule has 4 aliphatic rings. The molecule has 10 heteroatoms. The fraction of sp³-hybridized carbons (Fsp3) is 0.517. The topological polar surface area (TPSA) is 82.7 Å². The highest BCUT2D eigenvalue weighted by atomic mass is 35.5. The second-order valence-electron chi connectivity index (χ2n) is 11.1. The van der Waals surface area contributed by atoms with E-state index in [1.54, 1.807) is 24.3 Å². The molecule has 2 spiro atoms. The summed E-state index contributed by atoms with van der Waals surface area (Å²) in [6, 6.07) is 9.36. The fourth-order valence-corrected chi connectivity index (χ4v) is 7.84. The summed E-state index contributed by atoms with van der Waals surface area (Å²) in [5.41, 5.74) is -0.325. The van der Waals surface area contributed by atoms with Crippen LogP contribution in [0.5, 0.6) is 0 Å². The average Bonchev–Trinajstić information content (AvgIpc) is 3.38. The van der Waals surface area contributed by atoms with Crippen LogP contribution in [0.25, 0.3) is 0 Å². The number of benzene rings is 2. The van der Waals surface area contributed by atoms with Crippen molar-refractivity contribution < 1.29 is 18.7 Å². The van der Waals surface area contributed by atoms with E-state index < -0.39 is 28.7 Å². The second-order valence-corrected chi connectivity index (χ2v) is 11.9. The van der Waals surface area contributed by atoms with Gasteiger partial charge in [0.05, 0.1) is 24.3 Å². The predicted octanol–water partition coefficient (Wildman–Crippen LogP) is 4.23. The Hall–Kier alpha value is -2.23. The molecule has 3 heterocycles. The molecule has 3 fully saturated rings. The van der Waals surface area contributed by atoms with Crippen LogP contribution in [0.1, 0.15) is 49.1 Å². The Morgan fingerprint density at radius 3 is 2.67 bits per heavy atom. The molecule has 1 saturated carbocycles. The molecule has 3 N–H and O–H groups in total. The largest absolute Gasteiger partial charge is 0.379 e. The first-order valence-corrected chi connectivity index (χ1v) is 14.5. The molecule has 3 unspecified atom stereocenters. The van der Waals surface area contributed by atoms with Crippen molar-refractivity contribution >= 4 is 40.7 Å². The number of morpholine rings is 1. The van der Waals surface area contributed by atoms with E-state index in [0.29, 0.717) is 49.9 Å². The molecule has 7 nitrogen and oxygen atoms in total. The molecule has 2 amide bonds. The van der Waals surface area contributed by atoms with Crippen molar-refractivity contribution in [3.63, 3.8) is 0 Å². The molecule has 2 saturated heterocycles. The Morgan fingerprint density at radius 2 is 1.90 bits per heavy atom. The third kappa shape index (κ3) is 4.36. The SMILES string of the molecule is O=C(NCCN1CCOCC1)C1NC2(CCCCC2)C2(C(=O)Nc3cc(Cl)ccc32)C1c1cccc(Cl)c1F. The number of ether oxygens (including phenoxy) is 1. The summed E-state index contributed by atoms with van der Waals surface area (Å²) in [5, 5.41) is 10.3. The van der Waals surface area contributed by atoms with Gasteiger partial charge in [0.25, 0.3) is 0 Å². The van der Waals surface area contributed by atoms with Gasteiger partial charge in [-0.1, -0.05) is 60.7 Å². The highest BCUT2D eigenvalue weighted by molar-refractivity contribution is 6.31. The summed E-state index contributed by atoms with van der Waals surface area (Å²) < 4.78 is 21.3. The van der Waals surface area contributed by atoms with E-state index >= 15 is 4.39 Å². The third-order valence-electron chi connectivity index (χ3n) is 9.14. The summed E-state index contributed by atoms with van der Waals surface area (Å²) in [4.78, 5) is 30.5. The smallest absolute Gasteiger partial charge is 0.237 e. The molecule has 6 rings (SSSR count). The molecule has 1 aliphatic carbocycles. The summed E-state index contributed by atoms with van der Waals surface area (Å²) >= 11 is 12.6. The van der Waals surface area contributed by atoms with Gasteiger partial charge in [-0.25, -0.2) is 4.39 Å². The van der Waals surface area contributed by atoms with Crippen molar-refractivity contribution in [3.05, 3.63) is 63.4 Å². The molecular formula is C29H33Cl2FN4O3. The summed E-state index contributed by atoms with van der Waals surface area (Å²) in [6.07, 6.45) is 4.24. The van der Waals surface area contributed by atoms with Crippen molar-refractivity contribution in [2.45, 2.75) is 55.0 Å². The monoisotopic (exact) mass is 574 g/mol. The maximum atomic E-state index is 15.9. The van der Waals surface area contributed by atoms with Crippen molar-refractivity contribution in [2.75, 3.05) is 44.7 Å². The van der Waals surface area contributed by atoms with Crippen molar-refractivity contribution in [3.8, 4) is 0 Å². The summed E-state index contributed by atoms with van der Waals surface area (Å²) in [6.45, 7) is 4.13. The van der Waals surface area contributed by atoms with Gasteiger partial charge in [-0.3, -0.25) is 19.8 Å². The maximum Gasteiger partial charge on any atom is 0.237 e. The van der Waals surface area contributed by atoms with Crippen molar-refractivity contribution in [2.24, 2.45) is 0 Å². The fourth-order valence-electron chi connectivity index (χ4n) is 7.49. The predicted molar refractivity (Wildman–Crippen MR) is 149 cm³/mol. The number of rotatable bonds is 5. The van der Waals surface area contributed by atoms with Gasteiger partial charge in [0.2, 0.25) is 11.8 Å². The number of hydrogen-bond acceptors (Lipinski definition) is 5. The van der Waals surface area contributed by atoms with Gasteiger partial charge in [-0.2, -0.15) is 0 Å². The zero-order valence-electron chi connectivity index (χ0n) is 21.7. The van der Waals surface area contributed by atoms with Gasteiger partial charge in [0.1, 0.15) is 11.2 Å². The Kier molecular flexibility index (Phi) is 7.35. The number of hydrogen-bond donors (Lipinski definition) is 3. The standard InChI is InChI=1S/C29H33Cl2FN4O3/c30-18-7-8-20-22(17-18)34-27(38)29(20)23(19-5-4-6-21(31)24(19)32)25(35-28(29)9-2-1-3-10-28)26(37)33-11-12-36-13-15-39-16-14-36/h4-8,17,23,25,35H,1-3,9-16H2,(H,33,37)(H,34,38). The van der Waals surface area contributed by atoms with Crippen molar-refractivity contribution in [1.82, 2.24) is 15.5 Å². The lowest BCUT2D eigenvalue weighted by Crippen LogP contribution is -2.60. The van der Waals surface area contributed by atoms with Crippen LogP contribution in [0.2, 0.25) is 10.0 Å². The lowest BCUT2D eigenvalue weighted by Gasteiger charge is -2.47. The zero-order valence-corrected chi connectivity index (χ0v) is 23.2. The number of nitrogens with one attached hydrogen (secondary N) is 3. The van der Waals surface area contributed by atoms with Crippen LogP contribution in [-0.2, 0) is 19.7 Å². The molecule has 2 aromatic carbocycles. The Bertz CT molecular complexity index is 1280. The van der Waals surface area contributed by atoms with Crippen LogP contribution >= 0.6 is 23.2 Å². The van der Waals surface area contributed by atoms with Crippen LogP contribution < -0.4 is 16.0 Å². The van der Waals surface area contributed by atoms with Gasteiger partial charge in [0, 0.05) is 48.3 Å². The van der Waals surface area contributed by atoms with E-state index in [-0.39, 0.29) is 22.4 Å². The quantitative estimate of drug-likeness (QED) is 0.498. The van der Waals surface area contributed by atoms with Crippen LogP contribution in [0.15, 0.2) is 36.4 Å². The Balaban J connectivity index is 1.45. The highest BCUT2D eigenvalue weighted by Gasteiger charge is 2.72. The molecular weight excluding hydrogens is 542 g/mol. The van der Waals surface area contributed by atoms with E-state index in [9.17, 15) is 9.59 Å². The minimum atomic E-state index is -1.22. The molecule has 0 bridgehead atoms. The van der Waals surface area contributed by atoms with Gasteiger partial charge in [-0.15, -0.1) is 0 Å². The first-order valence-electron chi connectivity index (χ1n) is 13.8. The van der Waals surface area contributed by atoms with E-state index in [1.807, 2.05) is 6.07 Å². The van der Waals surface area contributed by atoms with Crippen LogP contribution in [0.4, 0.5) is 10.1 Å². The molecule has 39 heavy (non-hydrogen) atoms. The van der Waals surface area contributed by atoms with Crippen molar-refractivity contribution in [1.29, 1.82) is 0 Å². The third-order valence-corrected chi connectivity index (χ3v) is 9.66. The van der Waals surface area contributed by atoms with E-state index in [2.05, 4.69) is 20.9 Å². The molecule has 0 aromatic heterocycles. The lowest BCUT2D eigenvalue weighted by molar-refractivity contribution is -0.124. The Morgan fingerprint density at radius 1 is 1.13 bits per heavy atom. The summed E-state index contributed by atoms with van der Waals surface area (Å²) in [7, 11) is 0. The zero-order chi connectivity index (χ0) is 27.2. The molecule has 3 aliphatic heterocycles. The first-order chi connectivity index (χ1) is 18.9. The normalized spacial score (nSPS) is 28.0. The number of nitrogens with zero attached hydrogens (tertiary/aromatic N) is 1. The number of halogens is 3. The first kappa shape index (κ1) is 27.0. The van der Waals surface area contributed by atoms with E-state index in [4.69, 9.17) is 27.9 Å². The van der Waals surface area contributed by atoms with Gasteiger partial charge < -0.3 is 15.4 Å². The molecule has 208 valence electrons. The van der Waals surface area contributed by atoms with E-state index in [1.165, 1.54) is 6.07 Å². The lowest BCUT2D eigenvalue weighted by atomic mass is 9.55. The minimum absolute atomic E-state index is 0.0338. The molecule has 0 radical (unpaired) electrons. The highest BCUT2D eigenvalue weighted by Crippen LogP contribution is 2.62.